The van der Waals surface area contributed by atoms with Gasteiger partial charge in [0.2, 0.25) is 11.6 Å². The first kappa shape index (κ1) is 21.8. The third-order valence-electron chi connectivity index (χ3n) is 5.60. The van der Waals surface area contributed by atoms with Crippen LogP contribution in [0.5, 0.6) is 0 Å². The van der Waals surface area contributed by atoms with E-state index in [1.165, 1.54) is 9.80 Å². The molecule has 0 saturated carbocycles. The molecule has 0 radical (unpaired) electrons. The van der Waals surface area contributed by atoms with Crippen LogP contribution in [-0.4, -0.2) is 53.4 Å². The van der Waals surface area contributed by atoms with Crippen molar-refractivity contribution in [3.63, 3.8) is 0 Å². The molecule has 1 aromatic rings. The van der Waals surface area contributed by atoms with Crippen molar-refractivity contribution < 1.29 is 23.9 Å². The van der Waals surface area contributed by atoms with Crippen LogP contribution < -0.4 is 10.2 Å². The van der Waals surface area contributed by atoms with Gasteiger partial charge in [-0.1, -0.05) is 32.9 Å². The first-order chi connectivity index (χ1) is 14.2. The number of ether oxygens (including phenoxy) is 1. The monoisotopic (exact) mass is 415 g/mol. The zero-order valence-electron chi connectivity index (χ0n) is 17.9. The standard InChI is InChI=1S/C22H29N3O5/c1-5-15(4)23-18(26)13-30-21(29)22-11-10-19(27)25(22)17-9-7-6-8-16(17)20(28)24(22)12-14(2)3/h6-9,14-15H,5,10-13H2,1-4H3,(H,23,26)/t15-,22+/m0/s1. The number of fused-ring (bicyclic) bond motifs is 3. The molecule has 162 valence electrons. The Balaban J connectivity index is 1.97. The minimum Gasteiger partial charge on any atom is -0.452 e. The van der Waals surface area contributed by atoms with E-state index in [1.54, 1.807) is 24.3 Å². The molecule has 8 heteroatoms. The summed E-state index contributed by atoms with van der Waals surface area (Å²) in [6.07, 6.45) is 0.994. The van der Waals surface area contributed by atoms with Crippen LogP contribution in [-0.2, 0) is 19.1 Å². The lowest BCUT2D eigenvalue weighted by molar-refractivity contribution is -0.160. The topological polar surface area (TPSA) is 96.0 Å². The van der Waals surface area contributed by atoms with Gasteiger partial charge in [0.1, 0.15) is 0 Å². The Morgan fingerprint density at radius 2 is 1.90 bits per heavy atom. The van der Waals surface area contributed by atoms with Gasteiger partial charge in [0.15, 0.2) is 6.61 Å². The molecule has 0 aromatic heterocycles. The van der Waals surface area contributed by atoms with Crippen LogP contribution in [0.15, 0.2) is 24.3 Å². The van der Waals surface area contributed by atoms with Crippen molar-refractivity contribution in [1.29, 1.82) is 0 Å². The van der Waals surface area contributed by atoms with Crippen LogP contribution in [0.1, 0.15) is 57.3 Å². The van der Waals surface area contributed by atoms with E-state index in [4.69, 9.17) is 4.74 Å². The zero-order valence-corrected chi connectivity index (χ0v) is 17.9. The van der Waals surface area contributed by atoms with Crippen molar-refractivity contribution in [2.24, 2.45) is 5.92 Å². The van der Waals surface area contributed by atoms with Crippen LogP contribution in [0.4, 0.5) is 5.69 Å². The largest absolute Gasteiger partial charge is 0.452 e. The van der Waals surface area contributed by atoms with E-state index >= 15 is 0 Å². The molecule has 1 saturated heterocycles. The van der Waals surface area contributed by atoms with Crippen molar-refractivity contribution in [2.45, 2.75) is 58.7 Å². The molecular weight excluding hydrogens is 386 g/mol. The number of carbonyl (C=O) groups is 4. The number of para-hydroxylation sites is 1. The van der Waals surface area contributed by atoms with Gasteiger partial charge in [-0.25, -0.2) is 4.79 Å². The van der Waals surface area contributed by atoms with Gasteiger partial charge in [-0.05, 0) is 31.4 Å². The van der Waals surface area contributed by atoms with Gasteiger partial charge in [-0.2, -0.15) is 0 Å². The summed E-state index contributed by atoms with van der Waals surface area (Å²) in [5.41, 5.74) is -0.777. The highest BCUT2D eigenvalue weighted by atomic mass is 16.5. The predicted molar refractivity (Wildman–Crippen MR) is 111 cm³/mol. The Bertz CT molecular complexity index is 868. The molecule has 2 aliphatic rings. The van der Waals surface area contributed by atoms with Crippen molar-refractivity contribution >= 4 is 29.4 Å². The van der Waals surface area contributed by atoms with E-state index in [2.05, 4.69) is 5.32 Å². The minimum atomic E-state index is -1.57. The van der Waals surface area contributed by atoms with Crippen LogP contribution in [0.25, 0.3) is 0 Å². The van der Waals surface area contributed by atoms with E-state index in [1.807, 2.05) is 27.7 Å². The fourth-order valence-corrected chi connectivity index (χ4v) is 4.03. The van der Waals surface area contributed by atoms with E-state index < -0.39 is 24.1 Å². The van der Waals surface area contributed by atoms with E-state index in [0.717, 1.165) is 6.42 Å². The van der Waals surface area contributed by atoms with Gasteiger partial charge in [-0.15, -0.1) is 0 Å². The molecular formula is C22H29N3O5. The number of carbonyl (C=O) groups excluding carboxylic acids is 4. The predicted octanol–water partition coefficient (Wildman–Crippen LogP) is 2.08. The number of hydrogen-bond donors (Lipinski definition) is 1. The van der Waals surface area contributed by atoms with E-state index in [9.17, 15) is 19.2 Å². The molecule has 0 spiro atoms. The third kappa shape index (κ3) is 3.66. The van der Waals surface area contributed by atoms with Gasteiger partial charge in [0.25, 0.3) is 11.8 Å². The third-order valence-corrected chi connectivity index (χ3v) is 5.60. The number of esters is 1. The summed E-state index contributed by atoms with van der Waals surface area (Å²) in [7, 11) is 0. The zero-order chi connectivity index (χ0) is 22.1. The average molecular weight is 415 g/mol. The van der Waals surface area contributed by atoms with Crippen molar-refractivity contribution in [3.05, 3.63) is 29.8 Å². The second-order valence-electron chi connectivity index (χ2n) is 8.33. The Morgan fingerprint density at radius 3 is 2.57 bits per heavy atom. The average Bonchev–Trinajstić information content (AvgIpc) is 3.07. The normalized spacial score (nSPS) is 21.4. The van der Waals surface area contributed by atoms with Crippen LogP contribution in [0, 0.1) is 5.92 Å². The summed E-state index contributed by atoms with van der Waals surface area (Å²) >= 11 is 0. The number of nitrogens with one attached hydrogen (secondary N) is 1. The van der Waals surface area contributed by atoms with Crippen molar-refractivity contribution in [2.75, 3.05) is 18.1 Å². The lowest BCUT2D eigenvalue weighted by atomic mass is 9.95. The number of hydrogen-bond acceptors (Lipinski definition) is 5. The number of anilines is 1. The van der Waals surface area contributed by atoms with E-state index in [-0.39, 0.29) is 43.2 Å². The summed E-state index contributed by atoms with van der Waals surface area (Å²) in [5, 5.41) is 2.74. The first-order valence-electron chi connectivity index (χ1n) is 10.4. The SMILES string of the molecule is CC[C@H](C)NC(=O)COC(=O)[C@@]12CCC(=O)N1c1ccccc1C(=O)N2CC(C)C. The Kier molecular flexibility index (Phi) is 6.14. The fourth-order valence-electron chi connectivity index (χ4n) is 4.03. The smallest absolute Gasteiger partial charge is 0.354 e. The summed E-state index contributed by atoms with van der Waals surface area (Å²) in [6.45, 7) is 7.49. The molecule has 2 atom stereocenters. The highest BCUT2D eigenvalue weighted by molar-refractivity contribution is 6.15. The first-order valence-corrected chi connectivity index (χ1v) is 10.4. The maximum Gasteiger partial charge on any atom is 0.354 e. The molecule has 30 heavy (non-hydrogen) atoms. The highest BCUT2D eigenvalue weighted by Gasteiger charge is 2.62. The molecule has 3 rings (SSSR count). The number of nitrogens with zero attached hydrogens (tertiary/aromatic N) is 2. The van der Waals surface area contributed by atoms with E-state index in [0.29, 0.717) is 11.3 Å². The summed E-state index contributed by atoms with van der Waals surface area (Å²) < 4.78 is 5.38. The van der Waals surface area contributed by atoms with Crippen LogP contribution >= 0.6 is 0 Å². The molecule has 3 amide bonds. The lowest BCUT2D eigenvalue weighted by Crippen LogP contribution is -2.69. The molecule has 0 aliphatic carbocycles. The van der Waals surface area contributed by atoms with Crippen LogP contribution in [0.2, 0.25) is 0 Å². The molecule has 0 unspecified atom stereocenters. The van der Waals surface area contributed by atoms with Gasteiger partial charge in [-0.3, -0.25) is 19.3 Å². The number of benzene rings is 1. The Hall–Kier alpha value is -2.90. The maximum atomic E-state index is 13.4. The fraction of sp³-hybridized carbons (Fsp3) is 0.545. The molecule has 1 aromatic carbocycles. The minimum absolute atomic E-state index is 0.0421. The Labute approximate surface area is 176 Å². The van der Waals surface area contributed by atoms with Crippen molar-refractivity contribution in [3.8, 4) is 0 Å². The molecule has 2 aliphatic heterocycles. The summed E-state index contributed by atoms with van der Waals surface area (Å²) in [6, 6.07) is 6.74. The molecule has 0 bridgehead atoms. The highest BCUT2D eigenvalue weighted by Crippen LogP contribution is 2.45. The second kappa shape index (κ2) is 8.45. The molecule has 1 N–H and O–H groups in total. The van der Waals surface area contributed by atoms with Gasteiger partial charge in [0.05, 0.1) is 11.3 Å². The number of rotatable bonds is 7. The van der Waals surface area contributed by atoms with Crippen molar-refractivity contribution in [1.82, 2.24) is 10.2 Å². The van der Waals surface area contributed by atoms with Gasteiger partial charge >= 0.3 is 5.97 Å². The summed E-state index contributed by atoms with van der Waals surface area (Å²) in [4.78, 5) is 54.5. The Morgan fingerprint density at radius 1 is 1.20 bits per heavy atom. The quantitative estimate of drug-likeness (QED) is 0.688. The van der Waals surface area contributed by atoms with Gasteiger partial charge < -0.3 is 15.0 Å². The molecule has 8 nitrogen and oxygen atoms in total. The van der Waals surface area contributed by atoms with Gasteiger partial charge in [0, 0.05) is 25.4 Å². The number of amides is 3. The second-order valence-corrected chi connectivity index (χ2v) is 8.33. The molecule has 2 heterocycles. The maximum absolute atomic E-state index is 13.4. The van der Waals surface area contributed by atoms with Crippen LogP contribution in [0.3, 0.4) is 0 Å². The molecule has 1 fully saturated rings. The lowest BCUT2D eigenvalue weighted by Gasteiger charge is -2.48. The summed E-state index contributed by atoms with van der Waals surface area (Å²) in [5.74, 6) is -1.66.